The van der Waals surface area contributed by atoms with Gasteiger partial charge in [-0.05, 0) is 12.8 Å². The first-order valence-corrected chi connectivity index (χ1v) is 8.83. The highest BCUT2D eigenvalue weighted by Gasteiger charge is 2.23. The van der Waals surface area contributed by atoms with Gasteiger partial charge >= 0.3 is 5.97 Å². The molecule has 0 bridgehead atoms. The molecule has 1 saturated carbocycles. The standard InChI is InChI=1S/C14H20N6O2S/c1-2-10-15-14(18-17-10)23-8-11-16-13(9-5-3-4-6-9)19-20(11)7-12(21)22/h9H,2-8H2,1H3,(H,21,22)(H,15,17,18). The number of aromatic amines is 1. The zero-order valence-electron chi connectivity index (χ0n) is 13.0. The lowest BCUT2D eigenvalue weighted by Gasteiger charge is -2.01. The molecule has 23 heavy (non-hydrogen) atoms. The van der Waals surface area contributed by atoms with E-state index in [1.165, 1.54) is 29.3 Å². The van der Waals surface area contributed by atoms with Gasteiger partial charge in [-0.1, -0.05) is 31.5 Å². The molecule has 1 aliphatic carbocycles. The summed E-state index contributed by atoms with van der Waals surface area (Å²) in [5, 5.41) is 21.1. The van der Waals surface area contributed by atoms with Gasteiger partial charge in [-0.2, -0.15) is 5.10 Å². The lowest BCUT2D eigenvalue weighted by molar-refractivity contribution is -0.137. The Hall–Kier alpha value is -1.90. The number of carboxylic acids is 1. The van der Waals surface area contributed by atoms with E-state index in [2.05, 4.69) is 25.3 Å². The molecule has 0 spiro atoms. The molecule has 0 aliphatic heterocycles. The van der Waals surface area contributed by atoms with Gasteiger partial charge < -0.3 is 5.11 Å². The number of thioether (sulfide) groups is 1. The molecular formula is C14H20N6O2S. The van der Waals surface area contributed by atoms with Gasteiger partial charge in [0.2, 0.25) is 5.16 Å². The van der Waals surface area contributed by atoms with E-state index < -0.39 is 5.97 Å². The van der Waals surface area contributed by atoms with E-state index in [1.54, 1.807) is 0 Å². The van der Waals surface area contributed by atoms with Gasteiger partial charge in [0, 0.05) is 12.3 Å². The Morgan fingerprint density at radius 2 is 2.17 bits per heavy atom. The molecule has 2 aromatic heterocycles. The second kappa shape index (κ2) is 7.12. The fraction of sp³-hybridized carbons (Fsp3) is 0.643. The third kappa shape index (κ3) is 3.90. The van der Waals surface area contributed by atoms with Crippen molar-refractivity contribution in [1.82, 2.24) is 29.9 Å². The molecule has 0 aromatic carbocycles. The number of H-pyrrole nitrogens is 1. The lowest BCUT2D eigenvalue weighted by Crippen LogP contribution is -2.13. The number of nitrogens with zero attached hydrogens (tertiary/aromatic N) is 5. The SMILES string of the molecule is CCc1nc(SCc2nc(C3CCCC3)nn2CC(=O)O)n[nH]1. The molecule has 0 unspecified atom stereocenters. The third-order valence-electron chi connectivity index (χ3n) is 3.95. The smallest absolute Gasteiger partial charge is 0.325 e. The van der Waals surface area contributed by atoms with Crippen LogP contribution in [0.1, 0.15) is 56.0 Å². The average molecular weight is 336 g/mol. The first-order valence-electron chi connectivity index (χ1n) is 7.85. The van der Waals surface area contributed by atoms with Gasteiger partial charge in [-0.25, -0.2) is 14.6 Å². The first kappa shape index (κ1) is 16.0. The highest BCUT2D eigenvalue weighted by Crippen LogP contribution is 2.32. The maximum Gasteiger partial charge on any atom is 0.325 e. The van der Waals surface area contributed by atoms with E-state index in [9.17, 15) is 4.79 Å². The van der Waals surface area contributed by atoms with Crippen LogP contribution in [0.5, 0.6) is 0 Å². The van der Waals surface area contributed by atoms with Crippen LogP contribution in [0.25, 0.3) is 0 Å². The van der Waals surface area contributed by atoms with Crippen LogP contribution in [0.3, 0.4) is 0 Å². The van der Waals surface area contributed by atoms with E-state index in [1.807, 2.05) is 6.92 Å². The number of carbonyl (C=O) groups is 1. The monoisotopic (exact) mass is 336 g/mol. The molecule has 1 aliphatic rings. The second-order valence-corrected chi connectivity index (χ2v) is 6.57. The molecule has 2 N–H and O–H groups in total. The van der Waals surface area contributed by atoms with Gasteiger partial charge in [0.25, 0.3) is 0 Å². The number of hydrogen-bond acceptors (Lipinski definition) is 6. The summed E-state index contributed by atoms with van der Waals surface area (Å²) in [5.74, 6) is 2.25. The zero-order chi connectivity index (χ0) is 16.2. The fourth-order valence-corrected chi connectivity index (χ4v) is 3.50. The minimum Gasteiger partial charge on any atom is -0.480 e. The lowest BCUT2D eigenvalue weighted by atomic mass is 10.1. The van der Waals surface area contributed by atoms with E-state index in [0.717, 1.165) is 30.9 Å². The van der Waals surface area contributed by atoms with Crippen LogP contribution in [0, 0.1) is 0 Å². The summed E-state index contributed by atoms with van der Waals surface area (Å²) in [6.45, 7) is 1.84. The molecule has 2 aromatic rings. The van der Waals surface area contributed by atoms with E-state index in [0.29, 0.717) is 22.7 Å². The number of carboxylic acid groups (broad SMARTS) is 1. The van der Waals surface area contributed by atoms with Crippen LogP contribution in [-0.2, 0) is 23.5 Å². The number of nitrogens with one attached hydrogen (secondary N) is 1. The Bertz CT molecular complexity index is 677. The molecule has 1 fully saturated rings. The average Bonchev–Trinajstić information content (AvgIpc) is 3.25. The molecule has 8 nitrogen and oxygen atoms in total. The Morgan fingerprint density at radius 1 is 1.39 bits per heavy atom. The molecule has 3 rings (SSSR count). The van der Waals surface area contributed by atoms with Crippen molar-refractivity contribution in [3.8, 4) is 0 Å². The topological polar surface area (TPSA) is 110 Å². The molecule has 124 valence electrons. The van der Waals surface area contributed by atoms with Crippen molar-refractivity contribution in [1.29, 1.82) is 0 Å². The van der Waals surface area contributed by atoms with Crippen molar-refractivity contribution in [2.24, 2.45) is 0 Å². The number of aliphatic carboxylic acids is 1. The minimum absolute atomic E-state index is 0.163. The fourth-order valence-electron chi connectivity index (χ4n) is 2.74. The van der Waals surface area contributed by atoms with Crippen molar-refractivity contribution in [3.63, 3.8) is 0 Å². The van der Waals surface area contributed by atoms with Gasteiger partial charge in [0.1, 0.15) is 18.2 Å². The Labute approximate surface area is 138 Å². The highest BCUT2D eigenvalue weighted by molar-refractivity contribution is 7.98. The van der Waals surface area contributed by atoms with Gasteiger partial charge in [0.15, 0.2) is 5.82 Å². The van der Waals surface area contributed by atoms with Crippen molar-refractivity contribution >= 4 is 17.7 Å². The minimum atomic E-state index is -0.912. The summed E-state index contributed by atoms with van der Waals surface area (Å²) in [4.78, 5) is 20.0. The summed E-state index contributed by atoms with van der Waals surface area (Å²) in [7, 11) is 0. The van der Waals surface area contributed by atoms with Crippen LogP contribution >= 0.6 is 11.8 Å². The quantitative estimate of drug-likeness (QED) is 0.744. The number of hydrogen-bond donors (Lipinski definition) is 2. The zero-order valence-corrected chi connectivity index (χ0v) is 13.8. The van der Waals surface area contributed by atoms with Gasteiger partial charge in [-0.15, -0.1) is 5.10 Å². The number of aromatic nitrogens is 6. The number of aryl methyl sites for hydroxylation is 1. The summed E-state index contributed by atoms with van der Waals surface area (Å²) in [6.07, 6.45) is 5.36. The normalized spacial score (nSPS) is 15.3. The molecule has 0 radical (unpaired) electrons. The molecule has 0 saturated heterocycles. The summed E-state index contributed by atoms with van der Waals surface area (Å²) in [6, 6.07) is 0. The van der Waals surface area contributed by atoms with Crippen LogP contribution in [0.4, 0.5) is 0 Å². The van der Waals surface area contributed by atoms with E-state index >= 15 is 0 Å². The van der Waals surface area contributed by atoms with Crippen molar-refractivity contribution < 1.29 is 9.90 Å². The summed E-state index contributed by atoms with van der Waals surface area (Å²) < 4.78 is 1.50. The third-order valence-corrected chi connectivity index (χ3v) is 4.79. The van der Waals surface area contributed by atoms with Crippen LogP contribution in [0.15, 0.2) is 5.16 Å². The molecule has 0 atom stereocenters. The highest BCUT2D eigenvalue weighted by atomic mass is 32.2. The van der Waals surface area contributed by atoms with Crippen LogP contribution < -0.4 is 0 Å². The summed E-state index contributed by atoms with van der Waals surface area (Å²) >= 11 is 1.44. The van der Waals surface area contributed by atoms with E-state index in [-0.39, 0.29) is 6.54 Å². The molecule has 9 heteroatoms. The molecular weight excluding hydrogens is 316 g/mol. The largest absolute Gasteiger partial charge is 0.480 e. The van der Waals surface area contributed by atoms with Crippen molar-refractivity contribution in [2.75, 3.05) is 0 Å². The van der Waals surface area contributed by atoms with Crippen LogP contribution in [0.2, 0.25) is 0 Å². The Balaban J connectivity index is 1.73. The second-order valence-electron chi connectivity index (χ2n) is 5.63. The number of rotatable bonds is 7. The first-order chi connectivity index (χ1) is 11.2. The summed E-state index contributed by atoms with van der Waals surface area (Å²) in [5.41, 5.74) is 0. The predicted octanol–water partition coefficient (Wildman–Crippen LogP) is 1.99. The maximum absolute atomic E-state index is 11.0. The van der Waals surface area contributed by atoms with Crippen LogP contribution in [-0.4, -0.2) is 41.0 Å². The van der Waals surface area contributed by atoms with Gasteiger partial charge in [-0.3, -0.25) is 9.89 Å². The van der Waals surface area contributed by atoms with Crippen molar-refractivity contribution in [3.05, 3.63) is 17.5 Å². The Kier molecular flexibility index (Phi) is 4.94. The molecule has 2 heterocycles. The van der Waals surface area contributed by atoms with Crippen molar-refractivity contribution in [2.45, 2.75) is 62.4 Å². The van der Waals surface area contributed by atoms with E-state index in [4.69, 9.17) is 5.11 Å². The maximum atomic E-state index is 11.0. The predicted molar refractivity (Wildman–Crippen MR) is 84.2 cm³/mol. The molecule has 0 amide bonds. The Morgan fingerprint density at radius 3 is 2.83 bits per heavy atom. The van der Waals surface area contributed by atoms with Gasteiger partial charge in [0.05, 0.1) is 5.75 Å².